The van der Waals surface area contributed by atoms with Crippen molar-refractivity contribution in [1.82, 2.24) is 20.3 Å². The summed E-state index contributed by atoms with van der Waals surface area (Å²) in [5.41, 5.74) is 3.24. The van der Waals surface area contributed by atoms with Gasteiger partial charge in [-0.1, -0.05) is 37.6 Å². The van der Waals surface area contributed by atoms with Crippen LogP contribution in [0, 0.1) is 6.92 Å². The summed E-state index contributed by atoms with van der Waals surface area (Å²) in [7, 11) is 0. The number of aryl methyl sites for hydroxylation is 1. The van der Waals surface area contributed by atoms with Crippen LogP contribution in [0.4, 0.5) is 10.7 Å². The first-order valence-corrected chi connectivity index (χ1v) is 13.5. The van der Waals surface area contributed by atoms with Crippen molar-refractivity contribution in [1.29, 1.82) is 0 Å². The van der Waals surface area contributed by atoms with Crippen LogP contribution in [-0.2, 0) is 4.74 Å². The number of halogens is 1. The Morgan fingerprint density at radius 2 is 2.08 bits per heavy atom. The average molecular weight is 546 g/mol. The van der Waals surface area contributed by atoms with Crippen molar-refractivity contribution in [2.45, 2.75) is 45.7 Å². The van der Waals surface area contributed by atoms with E-state index in [2.05, 4.69) is 25.6 Å². The minimum atomic E-state index is -0.602. The fraction of sp³-hybridized carbons (Fsp3) is 0.385. The SMILES string of the molecule is CCCSC(=O)OC[C@@H](CC)Nc1ncc(C)c(-c2c[nH]c(C(=O)N[C@H](CO)c3cccc(Cl)c3)c2)n1. The Balaban J connectivity index is 1.69. The zero-order valence-electron chi connectivity index (χ0n) is 21.1. The second-order valence-electron chi connectivity index (χ2n) is 8.45. The summed E-state index contributed by atoms with van der Waals surface area (Å²) in [6, 6.07) is 7.95. The normalized spacial score (nSPS) is 12.6. The van der Waals surface area contributed by atoms with Crippen molar-refractivity contribution in [3.8, 4) is 11.3 Å². The van der Waals surface area contributed by atoms with Gasteiger partial charge in [0, 0.05) is 28.7 Å². The Kier molecular flexibility index (Phi) is 10.8. The summed E-state index contributed by atoms with van der Waals surface area (Å²) < 4.78 is 5.35. The number of nitrogens with one attached hydrogen (secondary N) is 3. The minimum absolute atomic E-state index is 0.142. The summed E-state index contributed by atoms with van der Waals surface area (Å²) in [6.07, 6.45) is 5.02. The zero-order valence-corrected chi connectivity index (χ0v) is 22.7. The molecule has 11 heteroatoms. The summed E-state index contributed by atoms with van der Waals surface area (Å²) >= 11 is 7.22. The molecule has 4 N–H and O–H groups in total. The van der Waals surface area contributed by atoms with E-state index in [0.717, 1.165) is 17.7 Å². The quantitative estimate of drug-likeness (QED) is 0.224. The van der Waals surface area contributed by atoms with Crippen LogP contribution in [-0.4, -0.2) is 56.3 Å². The fourth-order valence-corrected chi connectivity index (χ4v) is 4.22. The number of aromatic nitrogens is 3. The molecule has 2 atom stereocenters. The Labute approximate surface area is 225 Å². The van der Waals surface area contributed by atoms with Gasteiger partial charge in [-0.15, -0.1) is 0 Å². The zero-order chi connectivity index (χ0) is 26.8. The summed E-state index contributed by atoms with van der Waals surface area (Å²) in [4.78, 5) is 36.7. The second kappa shape index (κ2) is 14.0. The van der Waals surface area contributed by atoms with Crippen molar-refractivity contribution in [3.63, 3.8) is 0 Å². The number of thioether (sulfide) groups is 1. The molecule has 3 aromatic rings. The lowest BCUT2D eigenvalue weighted by molar-refractivity contribution is 0.0911. The Morgan fingerprint density at radius 1 is 1.27 bits per heavy atom. The number of benzene rings is 1. The molecule has 2 heterocycles. The first-order valence-electron chi connectivity index (χ1n) is 12.1. The van der Waals surface area contributed by atoms with Gasteiger partial charge in [0.05, 0.1) is 24.4 Å². The van der Waals surface area contributed by atoms with E-state index in [1.807, 2.05) is 20.8 Å². The second-order valence-corrected chi connectivity index (χ2v) is 9.92. The number of rotatable bonds is 12. The van der Waals surface area contributed by atoms with E-state index in [4.69, 9.17) is 16.3 Å². The van der Waals surface area contributed by atoms with Gasteiger partial charge < -0.3 is 25.5 Å². The van der Waals surface area contributed by atoms with E-state index in [1.54, 1.807) is 42.7 Å². The number of aliphatic hydroxyl groups is 1. The molecule has 0 unspecified atom stereocenters. The van der Waals surface area contributed by atoms with Gasteiger partial charge in [-0.2, -0.15) is 0 Å². The van der Waals surface area contributed by atoms with Gasteiger partial charge in [-0.3, -0.25) is 4.79 Å². The number of carbonyl (C=O) groups excluding carboxylic acids is 2. The molecule has 0 saturated heterocycles. The van der Waals surface area contributed by atoms with Gasteiger partial charge >= 0.3 is 5.30 Å². The third kappa shape index (κ3) is 8.21. The highest BCUT2D eigenvalue weighted by Crippen LogP contribution is 2.24. The topological polar surface area (TPSA) is 129 Å². The molecule has 0 spiro atoms. The van der Waals surface area contributed by atoms with Crippen LogP contribution in [0.15, 0.2) is 42.7 Å². The lowest BCUT2D eigenvalue weighted by Gasteiger charge is -2.17. The molecule has 0 bridgehead atoms. The third-order valence-electron chi connectivity index (χ3n) is 5.56. The molecule has 3 rings (SSSR count). The first-order chi connectivity index (χ1) is 17.8. The van der Waals surface area contributed by atoms with Gasteiger partial charge in [0.15, 0.2) is 0 Å². The highest BCUT2D eigenvalue weighted by Gasteiger charge is 2.19. The summed E-state index contributed by atoms with van der Waals surface area (Å²) in [6.45, 7) is 5.82. The molecule has 0 aliphatic carbocycles. The van der Waals surface area contributed by atoms with E-state index < -0.39 is 6.04 Å². The summed E-state index contributed by atoms with van der Waals surface area (Å²) in [5, 5.41) is 16.1. The number of hydrogen-bond donors (Lipinski definition) is 4. The number of amides is 1. The molecule has 1 amide bonds. The van der Waals surface area contributed by atoms with Crippen LogP contribution in [0.2, 0.25) is 5.02 Å². The molecule has 0 saturated carbocycles. The molecule has 198 valence electrons. The number of nitrogens with zero attached hydrogens (tertiary/aromatic N) is 2. The lowest BCUT2D eigenvalue weighted by atomic mass is 10.1. The Morgan fingerprint density at radius 3 is 2.78 bits per heavy atom. The van der Waals surface area contributed by atoms with Gasteiger partial charge in [-0.05, 0) is 60.9 Å². The lowest BCUT2D eigenvalue weighted by Crippen LogP contribution is -2.31. The number of H-pyrrole nitrogens is 1. The van der Waals surface area contributed by atoms with Gasteiger partial charge in [-0.25, -0.2) is 14.8 Å². The number of aromatic amines is 1. The van der Waals surface area contributed by atoms with Crippen LogP contribution < -0.4 is 10.6 Å². The highest BCUT2D eigenvalue weighted by atomic mass is 35.5. The van der Waals surface area contributed by atoms with E-state index in [0.29, 0.717) is 39.9 Å². The van der Waals surface area contributed by atoms with Crippen molar-refractivity contribution >= 4 is 40.5 Å². The molecule has 2 aromatic heterocycles. The number of anilines is 1. The fourth-order valence-electron chi connectivity index (χ4n) is 3.50. The van der Waals surface area contributed by atoms with Crippen molar-refractivity contribution in [2.75, 3.05) is 24.3 Å². The van der Waals surface area contributed by atoms with E-state index >= 15 is 0 Å². The maximum Gasteiger partial charge on any atom is 0.367 e. The van der Waals surface area contributed by atoms with E-state index in [-0.39, 0.29) is 30.5 Å². The molecule has 0 aliphatic heterocycles. The van der Waals surface area contributed by atoms with Crippen molar-refractivity contribution in [3.05, 3.63) is 64.6 Å². The van der Waals surface area contributed by atoms with Crippen molar-refractivity contribution in [2.24, 2.45) is 0 Å². The van der Waals surface area contributed by atoms with Gasteiger partial charge in [0.2, 0.25) is 5.95 Å². The van der Waals surface area contributed by atoms with Crippen LogP contribution in [0.25, 0.3) is 11.3 Å². The smallest absolute Gasteiger partial charge is 0.367 e. The highest BCUT2D eigenvalue weighted by molar-refractivity contribution is 8.13. The van der Waals surface area contributed by atoms with E-state index in [9.17, 15) is 14.7 Å². The molecule has 0 aliphatic rings. The van der Waals surface area contributed by atoms with Gasteiger partial charge in [0.25, 0.3) is 5.91 Å². The third-order valence-corrected chi connectivity index (χ3v) is 6.77. The monoisotopic (exact) mass is 545 g/mol. The maximum atomic E-state index is 12.9. The molecule has 0 radical (unpaired) electrons. The number of carbonyl (C=O) groups is 2. The van der Waals surface area contributed by atoms with Gasteiger partial charge in [0.1, 0.15) is 12.3 Å². The Hall–Kier alpha value is -3.08. The van der Waals surface area contributed by atoms with Crippen LogP contribution in [0.1, 0.15) is 54.3 Å². The van der Waals surface area contributed by atoms with Crippen LogP contribution in [0.3, 0.4) is 0 Å². The number of aliphatic hydroxyl groups excluding tert-OH is 1. The largest absolute Gasteiger partial charge is 0.455 e. The van der Waals surface area contributed by atoms with E-state index in [1.165, 1.54) is 11.8 Å². The van der Waals surface area contributed by atoms with Crippen molar-refractivity contribution < 1.29 is 19.4 Å². The molecular formula is C26H32ClN5O4S. The number of hydrogen-bond acceptors (Lipinski definition) is 8. The molecule has 0 fully saturated rings. The molecule has 9 nitrogen and oxygen atoms in total. The summed E-state index contributed by atoms with van der Waals surface area (Å²) in [5.74, 6) is 0.758. The van der Waals surface area contributed by atoms with Crippen LogP contribution >= 0.6 is 23.4 Å². The standard InChI is InChI=1S/C26H32ClN5O4S/c1-4-9-37-26(35)36-15-20(5-2)30-25-29-12-16(3)23(32-25)18-11-21(28-13-18)24(34)31-22(14-33)17-7-6-8-19(27)10-17/h6-8,10-13,20,22,28,33H,4-5,9,14-15H2,1-3H3,(H,31,34)(H,29,30,32)/t20-,22-/m1/s1. The first kappa shape index (κ1) is 28.5. The minimum Gasteiger partial charge on any atom is -0.455 e. The number of ether oxygens (including phenoxy) is 1. The predicted molar refractivity (Wildman–Crippen MR) is 147 cm³/mol. The van der Waals surface area contributed by atoms with Crippen LogP contribution in [0.5, 0.6) is 0 Å². The predicted octanol–water partition coefficient (Wildman–Crippen LogP) is 5.37. The maximum absolute atomic E-state index is 12.9. The molecule has 1 aromatic carbocycles. The molecular weight excluding hydrogens is 514 g/mol. The Bertz CT molecular complexity index is 1210. The molecule has 37 heavy (non-hydrogen) atoms. The average Bonchev–Trinajstić information content (AvgIpc) is 3.39.